The minimum Gasteiger partial charge on any atom is -0.495 e. The van der Waals surface area contributed by atoms with E-state index in [0.29, 0.717) is 5.92 Å². The Morgan fingerprint density at radius 3 is 2.44 bits per heavy atom. The molecule has 4 heteroatoms. The summed E-state index contributed by atoms with van der Waals surface area (Å²) in [6.07, 6.45) is 2.24. The number of methoxy groups -OCH3 is 2. The van der Waals surface area contributed by atoms with E-state index in [4.69, 9.17) is 15.2 Å². The Kier molecular flexibility index (Phi) is 5.96. The number of nitrogens with two attached hydrogens (primary N) is 1. The van der Waals surface area contributed by atoms with Gasteiger partial charge in [0.05, 0.1) is 14.2 Å². The predicted octanol–water partition coefficient (Wildman–Crippen LogP) is 3.90. The quantitative estimate of drug-likeness (QED) is 0.865. The molecule has 1 rings (SSSR count). The van der Waals surface area contributed by atoms with Crippen LogP contribution in [0.2, 0.25) is 0 Å². The minimum absolute atomic E-state index is 0.0258. The van der Waals surface area contributed by atoms with Crippen LogP contribution in [0.25, 0.3) is 0 Å². The SMILES string of the molecule is CCCC(C)C(N)c1ccc(OC)c(Br)c1OC. The number of ether oxygens (including phenoxy) is 2. The van der Waals surface area contributed by atoms with Crippen LogP contribution in [0.4, 0.5) is 0 Å². The molecular weight excluding hydrogens is 294 g/mol. The van der Waals surface area contributed by atoms with E-state index in [1.165, 1.54) is 0 Å². The first-order chi connectivity index (χ1) is 8.56. The van der Waals surface area contributed by atoms with Crippen molar-refractivity contribution in [3.63, 3.8) is 0 Å². The van der Waals surface area contributed by atoms with Crippen molar-refractivity contribution in [2.45, 2.75) is 32.7 Å². The molecule has 0 aliphatic heterocycles. The van der Waals surface area contributed by atoms with Gasteiger partial charge in [0, 0.05) is 11.6 Å². The Hall–Kier alpha value is -0.740. The maximum atomic E-state index is 6.32. The molecule has 0 fully saturated rings. The van der Waals surface area contributed by atoms with Crippen molar-refractivity contribution in [3.8, 4) is 11.5 Å². The standard InChI is InChI=1S/C14H22BrNO2/c1-5-6-9(2)13(16)10-7-8-11(17-3)12(15)14(10)18-4/h7-9,13H,5-6,16H2,1-4H3. The van der Waals surface area contributed by atoms with Crippen LogP contribution in [-0.2, 0) is 0 Å². The normalized spacial score (nSPS) is 14.1. The van der Waals surface area contributed by atoms with E-state index < -0.39 is 0 Å². The Bertz CT molecular complexity index is 396. The van der Waals surface area contributed by atoms with E-state index in [0.717, 1.165) is 34.4 Å². The van der Waals surface area contributed by atoms with E-state index in [1.807, 2.05) is 12.1 Å². The van der Waals surface area contributed by atoms with Crippen LogP contribution in [0.15, 0.2) is 16.6 Å². The molecular formula is C14H22BrNO2. The zero-order valence-corrected chi connectivity index (χ0v) is 13.1. The number of rotatable bonds is 6. The molecule has 0 bridgehead atoms. The highest BCUT2D eigenvalue weighted by atomic mass is 79.9. The highest BCUT2D eigenvalue weighted by molar-refractivity contribution is 9.10. The van der Waals surface area contributed by atoms with Crippen LogP contribution < -0.4 is 15.2 Å². The van der Waals surface area contributed by atoms with E-state index in [-0.39, 0.29) is 6.04 Å². The molecule has 0 spiro atoms. The third kappa shape index (κ3) is 3.18. The molecule has 0 saturated carbocycles. The van der Waals surface area contributed by atoms with Gasteiger partial charge in [0.2, 0.25) is 0 Å². The lowest BCUT2D eigenvalue weighted by molar-refractivity contribution is 0.370. The number of benzene rings is 1. The molecule has 0 heterocycles. The van der Waals surface area contributed by atoms with Crippen LogP contribution in [0.3, 0.4) is 0 Å². The van der Waals surface area contributed by atoms with Gasteiger partial charge in [-0.3, -0.25) is 0 Å². The van der Waals surface area contributed by atoms with Gasteiger partial charge < -0.3 is 15.2 Å². The van der Waals surface area contributed by atoms with E-state index in [9.17, 15) is 0 Å². The highest BCUT2D eigenvalue weighted by Crippen LogP contribution is 2.41. The Labute approximate surface area is 118 Å². The second-order valence-electron chi connectivity index (χ2n) is 4.50. The Morgan fingerprint density at radius 1 is 1.28 bits per heavy atom. The van der Waals surface area contributed by atoms with Crippen molar-refractivity contribution < 1.29 is 9.47 Å². The average molecular weight is 316 g/mol. The molecule has 0 radical (unpaired) electrons. The molecule has 0 aliphatic rings. The van der Waals surface area contributed by atoms with Crippen molar-refractivity contribution in [3.05, 3.63) is 22.2 Å². The summed E-state index contributed by atoms with van der Waals surface area (Å²) in [4.78, 5) is 0. The van der Waals surface area contributed by atoms with Gasteiger partial charge in [-0.15, -0.1) is 0 Å². The molecule has 2 atom stereocenters. The van der Waals surface area contributed by atoms with Gasteiger partial charge >= 0.3 is 0 Å². The van der Waals surface area contributed by atoms with E-state index in [1.54, 1.807) is 14.2 Å². The zero-order valence-electron chi connectivity index (χ0n) is 11.5. The summed E-state index contributed by atoms with van der Waals surface area (Å²) in [5, 5.41) is 0. The summed E-state index contributed by atoms with van der Waals surface area (Å²) < 4.78 is 11.5. The third-order valence-electron chi connectivity index (χ3n) is 3.23. The molecule has 1 aromatic rings. The summed E-state index contributed by atoms with van der Waals surface area (Å²) in [6.45, 7) is 4.34. The number of hydrogen-bond donors (Lipinski definition) is 1. The largest absolute Gasteiger partial charge is 0.495 e. The lowest BCUT2D eigenvalue weighted by Crippen LogP contribution is -2.20. The van der Waals surface area contributed by atoms with Crippen molar-refractivity contribution in [1.82, 2.24) is 0 Å². The molecule has 18 heavy (non-hydrogen) atoms. The fraction of sp³-hybridized carbons (Fsp3) is 0.571. The van der Waals surface area contributed by atoms with Gasteiger partial charge in [-0.2, -0.15) is 0 Å². The molecule has 1 aromatic carbocycles. The summed E-state index contributed by atoms with van der Waals surface area (Å²) in [5.74, 6) is 1.94. The zero-order chi connectivity index (χ0) is 13.7. The molecule has 102 valence electrons. The predicted molar refractivity (Wildman–Crippen MR) is 78.2 cm³/mol. The first-order valence-corrected chi connectivity index (χ1v) is 7.02. The van der Waals surface area contributed by atoms with E-state index >= 15 is 0 Å². The van der Waals surface area contributed by atoms with Gasteiger partial charge in [0.15, 0.2) is 0 Å². The number of hydrogen-bond acceptors (Lipinski definition) is 3. The molecule has 2 unspecified atom stereocenters. The van der Waals surface area contributed by atoms with Crippen LogP contribution in [0.5, 0.6) is 11.5 Å². The molecule has 3 nitrogen and oxygen atoms in total. The first kappa shape index (κ1) is 15.3. The van der Waals surface area contributed by atoms with Gasteiger partial charge in [-0.05, 0) is 40.4 Å². The molecule has 0 amide bonds. The summed E-state index contributed by atoms with van der Waals surface area (Å²) in [7, 11) is 3.29. The highest BCUT2D eigenvalue weighted by Gasteiger charge is 2.21. The van der Waals surface area contributed by atoms with Crippen molar-refractivity contribution in [1.29, 1.82) is 0 Å². The second kappa shape index (κ2) is 7.00. The topological polar surface area (TPSA) is 44.5 Å². The summed E-state index contributed by atoms with van der Waals surface area (Å²) in [5.41, 5.74) is 7.34. The summed E-state index contributed by atoms with van der Waals surface area (Å²) >= 11 is 3.50. The average Bonchev–Trinajstić information content (AvgIpc) is 2.37. The maximum Gasteiger partial charge on any atom is 0.141 e. The maximum absolute atomic E-state index is 6.32. The van der Waals surface area contributed by atoms with Crippen LogP contribution in [0, 0.1) is 5.92 Å². The molecule has 2 N–H and O–H groups in total. The van der Waals surface area contributed by atoms with Gasteiger partial charge in [0.25, 0.3) is 0 Å². The van der Waals surface area contributed by atoms with Gasteiger partial charge in [-0.25, -0.2) is 0 Å². The second-order valence-corrected chi connectivity index (χ2v) is 5.29. The van der Waals surface area contributed by atoms with Gasteiger partial charge in [-0.1, -0.05) is 20.3 Å². The van der Waals surface area contributed by atoms with Crippen LogP contribution in [0.1, 0.15) is 38.3 Å². The van der Waals surface area contributed by atoms with E-state index in [2.05, 4.69) is 29.8 Å². The Balaban J connectivity index is 3.12. The monoisotopic (exact) mass is 315 g/mol. The van der Waals surface area contributed by atoms with Crippen molar-refractivity contribution in [2.75, 3.05) is 14.2 Å². The molecule has 0 saturated heterocycles. The number of halogens is 1. The lowest BCUT2D eigenvalue weighted by Gasteiger charge is -2.23. The molecule has 0 aromatic heterocycles. The molecule has 0 aliphatic carbocycles. The van der Waals surface area contributed by atoms with Crippen LogP contribution in [-0.4, -0.2) is 14.2 Å². The fourth-order valence-corrected chi connectivity index (χ4v) is 2.81. The summed E-state index contributed by atoms with van der Waals surface area (Å²) in [6, 6.07) is 3.88. The first-order valence-electron chi connectivity index (χ1n) is 6.22. The van der Waals surface area contributed by atoms with Crippen LogP contribution >= 0.6 is 15.9 Å². The Morgan fingerprint density at radius 2 is 1.94 bits per heavy atom. The van der Waals surface area contributed by atoms with Crippen molar-refractivity contribution >= 4 is 15.9 Å². The van der Waals surface area contributed by atoms with Crippen molar-refractivity contribution in [2.24, 2.45) is 11.7 Å². The minimum atomic E-state index is -0.0258. The van der Waals surface area contributed by atoms with Gasteiger partial charge in [0.1, 0.15) is 16.0 Å². The fourth-order valence-electron chi connectivity index (χ4n) is 2.12. The smallest absolute Gasteiger partial charge is 0.141 e. The third-order valence-corrected chi connectivity index (χ3v) is 3.98. The lowest BCUT2D eigenvalue weighted by atomic mass is 9.91.